The van der Waals surface area contributed by atoms with Crippen molar-refractivity contribution in [3.63, 3.8) is 0 Å². The number of aromatic nitrogens is 2. The van der Waals surface area contributed by atoms with E-state index in [0.29, 0.717) is 24.0 Å². The first kappa shape index (κ1) is 22.4. The maximum Gasteiger partial charge on any atom is 0.341 e. The van der Waals surface area contributed by atoms with Crippen LogP contribution in [0.3, 0.4) is 0 Å². The van der Waals surface area contributed by atoms with E-state index in [0.717, 1.165) is 0 Å². The minimum atomic E-state index is -0.984. The van der Waals surface area contributed by atoms with Crippen molar-refractivity contribution >= 4 is 35.2 Å². The molecule has 0 fully saturated rings. The number of carbonyl (C=O) groups excluding carboxylic acids is 3. The standard InChI is InChI=1S/C19H24N4O5S/c1-13(17(25)20-9-11-27-3)28-18(26)14-6-4-5-7-15(14)22-16(24)12-29-19-21-8-10-23(19)2/h4-8,10,13H,9,11-12H2,1-3H3,(H,20,25)(H,22,24)/t13-/m1/s1. The summed E-state index contributed by atoms with van der Waals surface area (Å²) in [5.41, 5.74) is 0.481. The summed E-state index contributed by atoms with van der Waals surface area (Å²) < 4.78 is 11.9. The average molecular weight is 420 g/mol. The predicted octanol–water partition coefficient (Wildman–Crippen LogP) is 1.46. The molecule has 2 aromatic rings. The zero-order chi connectivity index (χ0) is 21.2. The van der Waals surface area contributed by atoms with Gasteiger partial charge in [0.1, 0.15) is 0 Å². The van der Waals surface area contributed by atoms with E-state index >= 15 is 0 Å². The molecule has 1 atom stereocenters. The second-order valence-corrected chi connectivity index (χ2v) is 6.98. The molecule has 0 saturated heterocycles. The summed E-state index contributed by atoms with van der Waals surface area (Å²) >= 11 is 1.28. The number of benzene rings is 1. The number of aryl methyl sites for hydroxylation is 1. The molecule has 0 aliphatic carbocycles. The van der Waals surface area contributed by atoms with E-state index in [1.807, 2.05) is 11.6 Å². The summed E-state index contributed by atoms with van der Waals surface area (Å²) in [7, 11) is 3.36. The van der Waals surface area contributed by atoms with Gasteiger partial charge >= 0.3 is 5.97 Å². The normalized spacial score (nSPS) is 11.6. The number of nitrogens with one attached hydrogen (secondary N) is 2. The lowest BCUT2D eigenvalue weighted by Gasteiger charge is -2.15. The van der Waals surface area contributed by atoms with Crippen molar-refractivity contribution in [1.82, 2.24) is 14.9 Å². The molecule has 0 spiro atoms. The Kier molecular flexibility index (Phi) is 8.68. The van der Waals surface area contributed by atoms with Crippen LogP contribution < -0.4 is 10.6 Å². The molecule has 9 nitrogen and oxygen atoms in total. The van der Waals surface area contributed by atoms with Gasteiger partial charge in [-0.05, 0) is 19.1 Å². The number of nitrogens with zero attached hydrogens (tertiary/aromatic N) is 2. The third-order valence-corrected chi connectivity index (χ3v) is 4.85. The maximum absolute atomic E-state index is 12.5. The van der Waals surface area contributed by atoms with Crippen LogP contribution in [0.1, 0.15) is 17.3 Å². The van der Waals surface area contributed by atoms with E-state index in [1.165, 1.54) is 31.9 Å². The highest BCUT2D eigenvalue weighted by molar-refractivity contribution is 7.99. The molecule has 1 aromatic carbocycles. The van der Waals surface area contributed by atoms with Gasteiger partial charge in [0.05, 0.1) is 23.6 Å². The minimum Gasteiger partial charge on any atom is -0.449 e. The van der Waals surface area contributed by atoms with Crippen LogP contribution in [0.4, 0.5) is 5.69 Å². The molecule has 0 aliphatic rings. The van der Waals surface area contributed by atoms with Crippen LogP contribution in [-0.2, 0) is 26.1 Å². The number of para-hydroxylation sites is 1. The molecule has 2 rings (SSSR count). The fraction of sp³-hybridized carbons (Fsp3) is 0.368. The van der Waals surface area contributed by atoms with Gasteiger partial charge in [-0.3, -0.25) is 9.59 Å². The second-order valence-electron chi connectivity index (χ2n) is 6.03. The number of amides is 2. The van der Waals surface area contributed by atoms with Crippen LogP contribution in [0.25, 0.3) is 0 Å². The van der Waals surface area contributed by atoms with Gasteiger partial charge in [0.2, 0.25) is 5.91 Å². The van der Waals surface area contributed by atoms with E-state index in [2.05, 4.69) is 15.6 Å². The number of hydrogen-bond donors (Lipinski definition) is 2. The number of methoxy groups -OCH3 is 1. The third-order valence-electron chi connectivity index (χ3n) is 3.79. The first-order valence-electron chi connectivity index (χ1n) is 8.89. The zero-order valence-electron chi connectivity index (χ0n) is 16.5. The van der Waals surface area contributed by atoms with Crippen molar-refractivity contribution in [3.05, 3.63) is 42.2 Å². The number of esters is 1. The molecule has 0 aliphatic heterocycles. The Balaban J connectivity index is 1.94. The van der Waals surface area contributed by atoms with Gasteiger partial charge in [-0.15, -0.1) is 0 Å². The molecule has 0 saturated carbocycles. The van der Waals surface area contributed by atoms with Gasteiger partial charge in [-0.25, -0.2) is 9.78 Å². The largest absolute Gasteiger partial charge is 0.449 e. The van der Waals surface area contributed by atoms with Gasteiger partial charge < -0.3 is 24.7 Å². The SMILES string of the molecule is COCCNC(=O)[C@@H](C)OC(=O)c1ccccc1NC(=O)CSc1nccn1C. The minimum absolute atomic E-state index is 0.131. The quantitative estimate of drug-likeness (QED) is 0.340. The Hall–Kier alpha value is -2.85. The molecule has 2 amide bonds. The first-order valence-corrected chi connectivity index (χ1v) is 9.87. The number of carbonyl (C=O) groups is 3. The number of ether oxygens (including phenoxy) is 2. The number of rotatable bonds is 10. The highest BCUT2D eigenvalue weighted by Gasteiger charge is 2.21. The molecular formula is C19H24N4O5S. The summed E-state index contributed by atoms with van der Waals surface area (Å²) in [6.07, 6.45) is 2.46. The van der Waals surface area contributed by atoms with Crippen LogP contribution >= 0.6 is 11.8 Å². The average Bonchev–Trinajstić information content (AvgIpc) is 3.11. The van der Waals surface area contributed by atoms with E-state index < -0.39 is 18.0 Å². The lowest BCUT2D eigenvalue weighted by molar-refractivity contribution is -0.129. The van der Waals surface area contributed by atoms with Crippen LogP contribution in [0.5, 0.6) is 0 Å². The van der Waals surface area contributed by atoms with Gasteiger partial charge in [-0.2, -0.15) is 0 Å². The van der Waals surface area contributed by atoms with Crippen molar-refractivity contribution in [2.75, 3.05) is 31.3 Å². The molecule has 0 unspecified atom stereocenters. The molecular weight excluding hydrogens is 396 g/mol. The summed E-state index contributed by atoms with van der Waals surface area (Å²) in [5, 5.41) is 6.01. The Morgan fingerprint density at radius 2 is 2.03 bits per heavy atom. The van der Waals surface area contributed by atoms with Crippen LogP contribution in [-0.4, -0.2) is 59.5 Å². The van der Waals surface area contributed by atoms with Crippen molar-refractivity contribution in [2.24, 2.45) is 7.05 Å². The summed E-state index contributed by atoms with van der Waals surface area (Å²) in [5.74, 6) is -1.29. The summed E-state index contributed by atoms with van der Waals surface area (Å²) in [4.78, 5) is 40.8. The molecule has 0 bridgehead atoms. The van der Waals surface area contributed by atoms with Crippen molar-refractivity contribution in [2.45, 2.75) is 18.2 Å². The Bertz CT molecular complexity index is 855. The molecule has 29 heavy (non-hydrogen) atoms. The van der Waals surface area contributed by atoms with Crippen LogP contribution in [0.2, 0.25) is 0 Å². The van der Waals surface area contributed by atoms with Gasteiger partial charge in [0.15, 0.2) is 11.3 Å². The maximum atomic E-state index is 12.5. The Morgan fingerprint density at radius 3 is 2.72 bits per heavy atom. The van der Waals surface area contributed by atoms with Crippen LogP contribution in [0.15, 0.2) is 41.8 Å². The number of hydrogen-bond acceptors (Lipinski definition) is 7. The summed E-state index contributed by atoms with van der Waals surface area (Å²) in [6, 6.07) is 6.47. The predicted molar refractivity (Wildman–Crippen MR) is 109 cm³/mol. The zero-order valence-corrected chi connectivity index (χ0v) is 17.3. The highest BCUT2D eigenvalue weighted by Crippen LogP contribution is 2.19. The number of thioether (sulfide) groups is 1. The fourth-order valence-electron chi connectivity index (χ4n) is 2.28. The van der Waals surface area contributed by atoms with E-state index in [-0.39, 0.29) is 17.2 Å². The van der Waals surface area contributed by atoms with E-state index in [4.69, 9.17) is 9.47 Å². The molecule has 2 N–H and O–H groups in total. The Labute approximate surface area is 173 Å². The van der Waals surface area contributed by atoms with Crippen LogP contribution in [0, 0.1) is 0 Å². The lowest BCUT2D eigenvalue weighted by Crippen LogP contribution is -2.37. The molecule has 156 valence electrons. The smallest absolute Gasteiger partial charge is 0.341 e. The van der Waals surface area contributed by atoms with Gasteiger partial charge in [0.25, 0.3) is 5.91 Å². The van der Waals surface area contributed by atoms with Crippen molar-refractivity contribution < 1.29 is 23.9 Å². The monoisotopic (exact) mass is 420 g/mol. The van der Waals surface area contributed by atoms with E-state index in [1.54, 1.807) is 30.6 Å². The topological polar surface area (TPSA) is 112 Å². The molecule has 1 aromatic heterocycles. The highest BCUT2D eigenvalue weighted by atomic mass is 32.2. The molecule has 0 radical (unpaired) electrons. The van der Waals surface area contributed by atoms with Gasteiger partial charge in [0, 0.05) is 33.1 Å². The van der Waals surface area contributed by atoms with Crippen molar-refractivity contribution in [1.29, 1.82) is 0 Å². The fourth-order valence-corrected chi connectivity index (χ4v) is 3.01. The molecule has 10 heteroatoms. The van der Waals surface area contributed by atoms with E-state index in [9.17, 15) is 14.4 Å². The second kappa shape index (κ2) is 11.2. The summed E-state index contributed by atoms with van der Waals surface area (Å²) in [6.45, 7) is 2.15. The third kappa shape index (κ3) is 6.91. The first-order chi connectivity index (χ1) is 13.9. The molecule has 1 heterocycles. The lowest BCUT2D eigenvalue weighted by atomic mass is 10.1. The van der Waals surface area contributed by atoms with Gasteiger partial charge in [-0.1, -0.05) is 23.9 Å². The number of anilines is 1. The van der Waals surface area contributed by atoms with Crippen molar-refractivity contribution in [3.8, 4) is 0 Å². The number of imidazole rings is 1. The Morgan fingerprint density at radius 1 is 1.28 bits per heavy atom.